The predicted molar refractivity (Wildman–Crippen MR) is 79.1 cm³/mol. The molecule has 0 N–H and O–H groups in total. The number of carbonyl (C=O) groups is 1. The van der Waals surface area contributed by atoms with Gasteiger partial charge in [0.25, 0.3) is 0 Å². The number of ketones is 1. The van der Waals surface area contributed by atoms with E-state index in [1.807, 2.05) is 18.2 Å². The van der Waals surface area contributed by atoms with Gasteiger partial charge in [-0.25, -0.2) is 0 Å². The molecule has 0 radical (unpaired) electrons. The van der Waals surface area contributed by atoms with E-state index < -0.39 is 0 Å². The molecule has 0 fully saturated rings. The first-order valence-corrected chi connectivity index (χ1v) is 6.67. The Morgan fingerprint density at radius 2 is 1.59 bits per heavy atom. The Morgan fingerprint density at radius 3 is 2.18 bits per heavy atom. The fourth-order valence-corrected chi connectivity index (χ4v) is 2.64. The zero-order chi connectivity index (χ0) is 12.4. The topological polar surface area (TPSA) is 17.1 Å². The summed E-state index contributed by atoms with van der Waals surface area (Å²) in [7, 11) is 0. The second kappa shape index (κ2) is 5.38. The minimum Gasteiger partial charge on any atom is -0.289 e. The Kier molecular flexibility index (Phi) is 4.07. The zero-order valence-electron chi connectivity index (χ0n) is 8.58. The van der Waals surface area contributed by atoms with E-state index in [0.717, 1.165) is 3.57 Å². The van der Waals surface area contributed by atoms with Gasteiger partial charge in [-0.2, -0.15) is 0 Å². The van der Waals surface area contributed by atoms with Crippen LogP contribution in [0, 0.1) is 3.57 Å². The highest BCUT2D eigenvalue weighted by Crippen LogP contribution is 2.22. The molecule has 1 nitrogen and oxygen atoms in total. The highest BCUT2D eigenvalue weighted by atomic mass is 127. The standard InChI is InChI=1S/C13H7Cl2IO/c14-9-5-8(6-10(15)7-9)13(17)11-3-1-2-4-12(11)16/h1-7H. The van der Waals surface area contributed by atoms with Crippen LogP contribution in [0.15, 0.2) is 42.5 Å². The molecule has 0 aromatic heterocycles. The van der Waals surface area contributed by atoms with E-state index >= 15 is 0 Å². The molecule has 0 aliphatic carbocycles. The third-order valence-electron chi connectivity index (χ3n) is 2.24. The number of benzene rings is 2. The lowest BCUT2D eigenvalue weighted by Crippen LogP contribution is -2.03. The van der Waals surface area contributed by atoms with E-state index in [1.165, 1.54) is 0 Å². The first kappa shape index (κ1) is 12.9. The van der Waals surface area contributed by atoms with Crippen LogP contribution < -0.4 is 0 Å². The van der Waals surface area contributed by atoms with Crippen LogP contribution in [-0.2, 0) is 0 Å². The van der Waals surface area contributed by atoms with Gasteiger partial charge in [0, 0.05) is 24.7 Å². The SMILES string of the molecule is O=C(c1cc(Cl)cc(Cl)c1)c1ccccc1I. The Balaban J connectivity index is 2.48. The van der Waals surface area contributed by atoms with Crippen molar-refractivity contribution in [2.24, 2.45) is 0 Å². The van der Waals surface area contributed by atoms with Crippen molar-refractivity contribution >= 4 is 51.6 Å². The van der Waals surface area contributed by atoms with E-state index in [4.69, 9.17) is 23.2 Å². The maximum Gasteiger partial charge on any atom is 0.194 e. The molecular formula is C13H7Cl2IO. The largest absolute Gasteiger partial charge is 0.289 e. The maximum atomic E-state index is 12.2. The van der Waals surface area contributed by atoms with Gasteiger partial charge in [-0.15, -0.1) is 0 Å². The third kappa shape index (κ3) is 3.00. The summed E-state index contributed by atoms with van der Waals surface area (Å²) >= 11 is 13.9. The van der Waals surface area contributed by atoms with E-state index in [9.17, 15) is 4.79 Å². The molecule has 0 atom stereocenters. The van der Waals surface area contributed by atoms with Gasteiger partial charge in [0.15, 0.2) is 5.78 Å². The minimum atomic E-state index is -0.0700. The van der Waals surface area contributed by atoms with Crippen molar-refractivity contribution < 1.29 is 4.79 Å². The maximum absolute atomic E-state index is 12.2. The molecule has 86 valence electrons. The van der Waals surface area contributed by atoms with Gasteiger partial charge in [-0.3, -0.25) is 4.79 Å². The summed E-state index contributed by atoms with van der Waals surface area (Å²) in [6.45, 7) is 0. The average Bonchev–Trinajstić information content (AvgIpc) is 2.27. The zero-order valence-corrected chi connectivity index (χ0v) is 12.3. The summed E-state index contributed by atoms with van der Waals surface area (Å²) in [6.07, 6.45) is 0. The second-order valence-electron chi connectivity index (χ2n) is 3.47. The fourth-order valence-electron chi connectivity index (χ4n) is 1.49. The molecule has 0 saturated carbocycles. The first-order valence-electron chi connectivity index (χ1n) is 4.83. The van der Waals surface area contributed by atoms with Crippen LogP contribution in [-0.4, -0.2) is 5.78 Å². The molecule has 0 aliphatic rings. The van der Waals surface area contributed by atoms with E-state index in [2.05, 4.69) is 22.6 Å². The van der Waals surface area contributed by atoms with Crippen molar-refractivity contribution in [3.8, 4) is 0 Å². The van der Waals surface area contributed by atoms with Crippen LogP contribution >= 0.6 is 45.8 Å². The molecule has 0 saturated heterocycles. The van der Waals surface area contributed by atoms with E-state index in [1.54, 1.807) is 24.3 Å². The van der Waals surface area contributed by atoms with Crippen LogP contribution in [0.2, 0.25) is 10.0 Å². The number of hydrogen-bond acceptors (Lipinski definition) is 1. The van der Waals surface area contributed by atoms with Crippen molar-refractivity contribution in [3.63, 3.8) is 0 Å². The lowest BCUT2D eigenvalue weighted by Gasteiger charge is -2.04. The van der Waals surface area contributed by atoms with Crippen molar-refractivity contribution in [3.05, 3.63) is 67.2 Å². The molecule has 4 heteroatoms. The van der Waals surface area contributed by atoms with Gasteiger partial charge < -0.3 is 0 Å². The summed E-state index contributed by atoms with van der Waals surface area (Å²) in [5.41, 5.74) is 1.16. The number of halogens is 3. The van der Waals surface area contributed by atoms with Crippen molar-refractivity contribution in [2.45, 2.75) is 0 Å². The summed E-state index contributed by atoms with van der Waals surface area (Å²) < 4.78 is 0.909. The first-order chi connectivity index (χ1) is 8.08. The van der Waals surface area contributed by atoms with Crippen LogP contribution in [0.5, 0.6) is 0 Å². The molecule has 0 amide bonds. The summed E-state index contributed by atoms with van der Waals surface area (Å²) in [5.74, 6) is -0.0700. The highest BCUT2D eigenvalue weighted by Gasteiger charge is 2.13. The highest BCUT2D eigenvalue weighted by molar-refractivity contribution is 14.1. The lowest BCUT2D eigenvalue weighted by molar-refractivity contribution is 0.103. The Morgan fingerprint density at radius 1 is 1.00 bits per heavy atom. The van der Waals surface area contributed by atoms with Crippen molar-refractivity contribution in [2.75, 3.05) is 0 Å². The number of rotatable bonds is 2. The summed E-state index contributed by atoms with van der Waals surface area (Å²) in [5, 5.41) is 0.929. The quantitative estimate of drug-likeness (QED) is 0.542. The Hall–Kier alpha value is -0.580. The van der Waals surface area contributed by atoms with Gasteiger partial charge >= 0.3 is 0 Å². The van der Waals surface area contributed by atoms with Crippen LogP contribution in [0.25, 0.3) is 0 Å². The van der Waals surface area contributed by atoms with Crippen LogP contribution in [0.1, 0.15) is 15.9 Å². The molecule has 2 rings (SSSR count). The van der Waals surface area contributed by atoms with E-state index in [0.29, 0.717) is 21.2 Å². The normalized spacial score (nSPS) is 10.3. The Labute approximate surface area is 123 Å². The van der Waals surface area contributed by atoms with Crippen molar-refractivity contribution in [1.29, 1.82) is 0 Å². The molecule has 17 heavy (non-hydrogen) atoms. The van der Waals surface area contributed by atoms with Gasteiger partial charge in [0.05, 0.1) is 0 Å². The summed E-state index contributed by atoms with van der Waals surface area (Å²) in [4.78, 5) is 12.2. The predicted octanol–water partition coefficient (Wildman–Crippen LogP) is 4.83. The van der Waals surface area contributed by atoms with Crippen molar-refractivity contribution in [1.82, 2.24) is 0 Å². The fraction of sp³-hybridized carbons (Fsp3) is 0. The molecule has 0 bridgehead atoms. The average molecular weight is 377 g/mol. The molecule has 2 aromatic rings. The number of hydrogen-bond donors (Lipinski definition) is 0. The second-order valence-corrected chi connectivity index (χ2v) is 5.50. The monoisotopic (exact) mass is 376 g/mol. The van der Waals surface area contributed by atoms with E-state index in [-0.39, 0.29) is 5.78 Å². The molecular weight excluding hydrogens is 370 g/mol. The third-order valence-corrected chi connectivity index (χ3v) is 3.62. The van der Waals surface area contributed by atoms with Gasteiger partial charge in [0.2, 0.25) is 0 Å². The Bertz CT molecular complexity index is 561. The molecule has 0 spiro atoms. The van der Waals surface area contributed by atoms with Gasteiger partial charge in [-0.1, -0.05) is 35.3 Å². The van der Waals surface area contributed by atoms with Gasteiger partial charge in [0.1, 0.15) is 0 Å². The molecule has 0 heterocycles. The summed E-state index contributed by atoms with van der Waals surface area (Å²) in [6, 6.07) is 12.3. The molecule has 2 aromatic carbocycles. The smallest absolute Gasteiger partial charge is 0.194 e. The lowest BCUT2D eigenvalue weighted by atomic mass is 10.0. The van der Waals surface area contributed by atoms with Crippen LogP contribution in [0.4, 0.5) is 0 Å². The van der Waals surface area contributed by atoms with Crippen LogP contribution in [0.3, 0.4) is 0 Å². The minimum absolute atomic E-state index is 0.0700. The number of carbonyl (C=O) groups excluding carboxylic acids is 1. The van der Waals surface area contributed by atoms with Gasteiger partial charge in [-0.05, 0) is 52.9 Å². The molecule has 0 aliphatic heterocycles. The molecule has 0 unspecified atom stereocenters.